The minimum Gasteiger partial charge on any atom is -0.490 e. The molecule has 5 rings (SSSR count). The van der Waals surface area contributed by atoms with Gasteiger partial charge in [0.2, 0.25) is 0 Å². The first kappa shape index (κ1) is 32.5. The molecule has 0 spiro atoms. The van der Waals surface area contributed by atoms with Crippen molar-refractivity contribution >= 4 is 40.8 Å². The van der Waals surface area contributed by atoms with E-state index in [0.29, 0.717) is 88.7 Å². The Balaban J connectivity index is 1.52. The van der Waals surface area contributed by atoms with E-state index >= 15 is 0 Å². The Kier molecular flexibility index (Phi) is 10.4. The van der Waals surface area contributed by atoms with Crippen LogP contribution in [0.5, 0.6) is 11.5 Å². The van der Waals surface area contributed by atoms with Crippen molar-refractivity contribution in [3.8, 4) is 11.5 Å². The zero-order valence-corrected chi connectivity index (χ0v) is 27.4. The number of carbonyl (C=O) groups is 2. The van der Waals surface area contributed by atoms with E-state index in [2.05, 4.69) is 0 Å². The monoisotopic (exact) mass is 652 g/mol. The Morgan fingerprint density at radius 2 is 1.78 bits per heavy atom. The fourth-order valence-corrected chi connectivity index (χ4v) is 6.61. The maximum atomic E-state index is 14.1. The molecule has 10 nitrogen and oxygen atoms in total. The fourth-order valence-electron chi connectivity index (χ4n) is 5.43. The lowest BCUT2D eigenvalue weighted by Gasteiger charge is -2.29. The number of rotatable bonds is 10. The predicted octanol–water partition coefficient (Wildman–Crippen LogP) is 3.39. The molecule has 0 N–H and O–H groups in total. The maximum absolute atomic E-state index is 14.1. The number of fused-ring (bicyclic) bond motifs is 1. The zero-order valence-electron chi connectivity index (χ0n) is 25.9. The number of benzene rings is 2. The first-order chi connectivity index (χ1) is 21.7. The van der Waals surface area contributed by atoms with Crippen LogP contribution in [0.2, 0.25) is 5.02 Å². The van der Waals surface area contributed by atoms with E-state index in [-0.39, 0.29) is 24.0 Å². The highest BCUT2D eigenvalue weighted by Gasteiger charge is 2.34. The van der Waals surface area contributed by atoms with Crippen molar-refractivity contribution < 1.29 is 23.8 Å². The summed E-state index contributed by atoms with van der Waals surface area (Å²) in [5, 5.41) is 0.562. The summed E-state index contributed by atoms with van der Waals surface area (Å²) in [7, 11) is 0. The summed E-state index contributed by atoms with van der Waals surface area (Å²) in [5.74, 6) is 0.639. The second-order valence-corrected chi connectivity index (χ2v) is 12.0. The van der Waals surface area contributed by atoms with E-state index in [0.717, 1.165) is 5.56 Å². The number of hydrogen-bond acceptors (Lipinski definition) is 8. The molecule has 0 saturated carbocycles. The van der Waals surface area contributed by atoms with Gasteiger partial charge in [-0.1, -0.05) is 41.1 Å². The minimum atomic E-state index is -0.660. The van der Waals surface area contributed by atoms with Crippen LogP contribution >= 0.6 is 22.9 Å². The van der Waals surface area contributed by atoms with Gasteiger partial charge in [-0.15, -0.1) is 0 Å². The smallest absolute Gasteiger partial charge is 0.271 e. The number of carbonyl (C=O) groups excluding carboxylic acids is 2. The third-order valence-electron chi connectivity index (χ3n) is 7.77. The van der Waals surface area contributed by atoms with Crippen molar-refractivity contribution in [1.29, 1.82) is 0 Å². The van der Waals surface area contributed by atoms with E-state index in [1.54, 1.807) is 44.7 Å². The largest absolute Gasteiger partial charge is 0.490 e. The number of thiazole rings is 1. The van der Waals surface area contributed by atoms with Crippen LogP contribution in [0.15, 0.2) is 63.5 Å². The fraction of sp³-hybridized carbons (Fsp3) is 0.394. The Hall–Kier alpha value is -3.93. The summed E-state index contributed by atoms with van der Waals surface area (Å²) in [6, 6.07) is 11.9. The van der Waals surface area contributed by atoms with E-state index < -0.39 is 6.04 Å². The van der Waals surface area contributed by atoms with Gasteiger partial charge in [-0.3, -0.25) is 19.0 Å². The molecule has 0 unspecified atom stereocenters. The Bertz CT molecular complexity index is 1770. The van der Waals surface area contributed by atoms with Gasteiger partial charge in [-0.25, -0.2) is 4.99 Å². The van der Waals surface area contributed by atoms with E-state index in [4.69, 9.17) is 30.8 Å². The molecule has 1 saturated heterocycles. The van der Waals surface area contributed by atoms with Crippen LogP contribution in [-0.4, -0.2) is 78.8 Å². The van der Waals surface area contributed by atoms with E-state index in [1.165, 1.54) is 11.3 Å². The number of ether oxygens (including phenoxy) is 3. The summed E-state index contributed by atoms with van der Waals surface area (Å²) in [6.07, 6.45) is 1.78. The molecular formula is C33H37ClN4O6S. The number of likely N-dealkylation sites (N-methyl/N-ethyl adjacent to an activating group) is 1. The highest BCUT2D eigenvalue weighted by Crippen LogP contribution is 2.32. The van der Waals surface area contributed by atoms with Crippen LogP contribution in [-0.2, 0) is 14.3 Å². The van der Waals surface area contributed by atoms with Gasteiger partial charge in [0, 0.05) is 31.2 Å². The third kappa shape index (κ3) is 7.00. The number of amides is 2. The Morgan fingerprint density at radius 1 is 1.07 bits per heavy atom. The summed E-state index contributed by atoms with van der Waals surface area (Å²) in [6.45, 7) is 11.0. The molecule has 1 atom stereocenters. The van der Waals surface area contributed by atoms with Crippen molar-refractivity contribution in [2.24, 2.45) is 4.99 Å². The maximum Gasteiger partial charge on any atom is 0.271 e. The van der Waals surface area contributed by atoms with Crippen molar-refractivity contribution in [2.75, 3.05) is 52.6 Å². The van der Waals surface area contributed by atoms with Crippen LogP contribution in [0, 0.1) is 0 Å². The molecule has 3 aromatic rings. The number of nitrogens with zero attached hydrogens (tertiary/aromatic N) is 4. The van der Waals surface area contributed by atoms with Gasteiger partial charge in [-0.05, 0) is 69.2 Å². The molecule has 12 heteroatoms. The summed E-state index contributed by atoms with van der Waals surface area (Å²) in [4.78, 5) is 49.1. The quantitative estimate of drug-likeness (QED) is 0.333. The van der Waals surface area contributed by atoms with Crippen LogP contribution in [0.25, 0.3) is 6.08 Å². The molecule has 45 heavy (non-hydrogen) atoms. The second-order valence-electron chi connectivity index (χ2n) is 10.5. The number of hydrogen-bond donors (Lipinski definition) is 0. The van der Waals surface area contributed by atoms with Crippen molar-refractivity contribution in [2.45, 2.75) is 33.7 Å². The number of allylic oxidation sites excluding steroid dienone is 1. The van der Waals surface area contributed by atoms with Crippen LogP contribution in [0.4, 0.5) is 0 Å². The molecule has 2 aliphatic heterocycles. The van der Waals surface area contributed by atoms with Gasteiger partial charge >= 0.3 is 0 Å². The molecule has 0 aliphatic carbocycles. The van der Waals surface area contributed by atoms with Gasteiger partial charge in [0.1, 0.15) is 0 Å². The molecular weight excluding hydrogens is 616 g/mol. The van der Waals surface area contributed by atoms with Crippen molar-refractivity contribution in [3.05, 3.63) is 89.6 Å². The number of aromatic nitrogens is 1. The number of halogens is 1. The lowest BCUT2D eigenvalue weighted by molar-refractivity contribution is -0.137. The van der Waals surface area contributed by atoms with Crippen LogP contribution in [0.1, 0.15) is 44.9 Å². The summed E-state index contributed by atoms with van der Waals surface area (Å²) in [5.41, 5.74) is 2.26. The second kappa shape index (κ2) is 14.4. The molecule has 0 radical (unpaired) electrons. The van der Waals surface area contributed by atoms with Crippen molar-refractivity contribution in [1.82, 2.24) is 14.4 Å². The lowest BCUT2D eigenvalue weighted by Crippen LogP contribution is -2.43. The molecule has 0 bridgehead atoms. The summed E-state index contributed by atoms with van der Waals surface area (Å²) < 4.78 is 19.1. The standard InChI is InChI=1S/C33H37ClN4O6S/c1-5-36(6-2)32(41)29-21(4)35-33-38(30(29)23-9-11-24(34)12-10-23)31(40)27(45-33)19-22-8-13-25(26(18-22)43-7-3)44-20-28(39)37-14-16-42-17-15-37/h8-13,18-19,30H,5-7,14-17,20H2,1-4H3/b27-19-/t30-/m0/s1. The normalized spacial score (nSPS) is 16.7. The first-order valence-electron chi connectivity index (χ1n) is 15.1. The van der Waals surface area contributed by atoms with Crippen LogP contribution in [0.3, 0.4) is 0 Å². The summed E-state index contributed by atoms with van der Waals surface area (Å²) >= 11 is 7.46. The minimum absolute atomic E-state index is 0.114. The lowest BCUT2D eigenvalue weighted by atomic mass is 9.94. The van der Waals surface area contributed by atoms with Gasteiger partial charge < -0.3 is 24.0 Å². The molecule has 3 heterocycles. The number of morpholine rings is 1. The molecule has 2 aromatic carbocycles. The molecule has 2 amide bonds. The Morgan fingerprint density at radius 3 is 2.44 bits per heavy atom. The third-order valence-corrected chi connectivity index (χ3v) is 9.00. The Labute approximate surface area is 270 Å². The van der Waals surface area contributed by atoms with E-state index in [9.17, 15) is 14.4 Å². The predicted molar refractivity (Wildman–Crippen MR) is 174 cm³/mol. The SMILES string of the molecule is CCOc1cc(/C=c2\sc3n(c2=O)[C@@H](c2ccc(Cl)cc2)C(C(=O)N(CC)CC)=C(C)N=3)ccc1OCC(=O)N1CCOCC1. The highest BCUT2D eigenvalue weighted by molar-refractivity contribution is 7.07. The zero-order chi connectivity index (χ0) is 32.1. The molecule has 238 valence electrons. The average molecular weight is 653 g/mol. The van der Waals surface area contributed by atoms with Gasteiger partial charge in [0.15, 0.2) is 22.9 Å². The van der Waals surface area contributed by atoms with E-state index in [1.807, 2.05) is 45.9 Å². The first-order valence-corrected chi connectivity index (χ1v) is 16.3. The molecule has 1 aromatic heterocycles. The van der Waals surface area contributed by atoms with Gasteiger partial charge in [-0.2, -0.15) is 0 Å². The van der Waals surface area contributed by atoms with Gasteiger partial charge in [0.05, 0.1) is 41.7 Å². The van der Waals surface area contributed by atoms with Crippen molar-refractivity contribution in [3.63, 3.8) is 0 Å². The molecule has 2 aliphatic rings. The molecule has 1 fully saturated rings. The van der Waals surface area contributed by atoms with Gasteiger partial charge in [0.25, 0.3) is 17.4 Å². The average Bonchev–Trinajstić information content (AvgIpc) is 3.35. The van der Waals surface area contributed by atoms with Crippen LogP contribution < -0.4 is 24.4 Å². The topological polar surface area (TPSA) is 103 Å². The highest BCUT2D eigenvalue weighted by atomic mass is 35.5.